The molecule has 5 heteroatoms. The van der Waals surface area contributed by atoms with Crippen LogP contribution in [0.15, 0.2) is 48.5 Å². The van der Waals surface area contributed by atoms with Crippen molar-refractivity contribution in [2.45, 2.75) is 11.4 Å². The number of benzene rings is 2. The van der Waals surface area contributed by atoms with Crippen molar-refractivity contribution < 1.29 is 14.3 Å². The van der Waals surface area contributed by atoms with Gasteiger partial charge in [0.05, 0.1) is 6.04 Å². The maximum absolute atomic E-state index is 12.1. The molecule has 0 bridgehead atoms. The Hall–Kier alpha value is -2.20. The van der Waals surface area contributed by atoms with E-state index in [1.54, 1.807) is 4.90 Å². The molecule has 2 unspecified atom stereocenters. The molecule has 2 heterocycles. The molecule has 2 atom stereocenters. The van der Waals surface area contributed by atoms with Gasteiger partial charge in [0, 0.05) is 5.69 Å². The van der Waals surface area contributed by atoms with Crippen LogP contribution in [0.2, 0.25) is 0 Å². The summed E-state index contributed by atoms with van der Waals surface area (Å²) in [5, 5.41) is -0.550. The summed E-state index contributed by atoms with van der Waals surface area (Å²) in [6.07, 6.45) is 0. The fourth-order valence-corrected chi connectivity index (χ4v) is 3.11. The van der Waals surface area contributed by atoms with E-state index in [1.165, 1.54) is 0 Å². The van der Waals surface area contributed by atoms with E-state index in [4.69, 9.17) is 21.1 Å². The van der Waals surface area contributed by atoms with Crippen molar-refractivity contribution in [2.75, 3.05) is 11.7 Å². The van der Waals surface area contributed by atoms with Gasteiger partial charge in [-0.2, -0.15) is 0 Å². The van der Waals surface area contributed by atoms with Crippen LogP contribution in [0.25, 0.3) is 0 Å². The number of carbonyl (C=O) groups is 1. The van der Waals surface area contributed by atoms with Gasteiger partial charge in [0.1, 0.15) is 5.38 Å². The van der Waals surface area contributed by atoms with Gasteiger partial charge < -0.3 is 14.4 Å². The van der Waals surface area contributed by atoms with E-state index in [0.717, 1.165) is 17.0 Å². The maximum atomic E-state index is 12.1. The van der Waals surface area contributed by atoms with E-state index < -0.39 is 5.38 Å². The molecular formula is C16H12ClNO3. The van der Waals surface area contributed by atoms with Crippen molar-refractivity contribution in [3.63, 3.8) is 0 Å². The van der Waals surface area contributed by atoms with Crippen molar-refractivity contribution in [2.24, 2.45) is 0 Å². The zero-order valence-corrected chi connectivity index (χ0v) is 11.8. The van der Waals surface area contributed by atoms with Crippen molar-refractivity contribution >= 4 is 23.2 Å². The first-order valence-electron chi connectivity index (χ1n) is 6.67. The van der Waals surface area contributed by atoms with Crippen LogP contribution in [0.3, 0.4) is 0 Å². The number of hydrogen-bond acceptors (Lipinski definition) is 3. The molecule has 0 saturated carbocycles. The number of para-hydroxylation sites is 1. The van der Waals surface area contributed by atoms with Gasteiger partial charge >= 0.3 is 0 Å². The highest BCUT2D eigenvalue weighted by Gasteiger charge is 2.48. The highest BCUT2D eigenvalue weighted by molar-refractivity contribution is 6.37. The number of anilines is 1. The van der Waals surface area contributed by atoms with Gasteiger partial charge in [-0.3, -0.25) is 4.79 Å². The van der Waals surface area contributed by atoms with E-state index in [2.05, 4.69) is 0 Å². The second-order valence-corrected chi connectivity index (χ2v) is 5.47. The fraction of sp³-hybridized carbons (Fsp3) is 0.188. The number of fused-ring (bicyclic) bond motifs is 1. The molecular weight excluding hydrogens is 290 g/mol. The Morgan fingerprint density at radius 3 is 2.62 bits per heavy atom. The van der Waals surface area contributed by atoms with Gasteiger partial charge in [-0.1, -0.05) is 24.3 Å². The van der Waals surface area contributed by atoms with Crippen molar-refractivity contribution in [3.05, 3.63) is 54.1 Å². The third-order valence-corrected chi connectivity index (χ3v) is 4.23. The lowest BCUT2D eigenvalue weighted by atomic mass is 9.92. The molecule has 2 aromatic carbocycles. The fourth-order valence-electron chi connectivity index (χ4n) is 2.75. The van der Waals surface area contributed by atoms with Crippen LogP contribution in [0.4, 0.5) is 5.69 Å². The summed E-state index contributed by atoms with van der Waals surface area (Å²) in [5.74, 6) is 1.34. The van der Waals surface area contributed by atoms with Crippen LogP contribution in [0.1, 0.15) is 11.6 Å². The van der Waals surface area contributed by atoms with Crippen molar-refractivity contribution in [3.8, 4) is 11.5 Å². The first-order chi connectivity index (χ1) is 10.3. The van der Waals surface area contributed by atoms with Gasteiger partial charge in [-0.05, 0) is 29.8 Å². The van der Waals surface area contributed by atoms with E-state index in [0.29, 0.717) is 5.75 Å². The third-order valence-electron chi connectivity index (χ3n) is 3.80. The Morgan fingerprint density at radius 2 is 1.81 bits per heavy atom. The van der Waals surface area contributed by atoms with E-state index >= 15 is 0 Å². The quantitative estimate of drug-likeness (QED) is 0.632. The van der Waals surface area contributed by atoms with Crippen molar-refractivity contribution in [1.82, 2.24) is 0 Å². The summed E-state index contributed by atoms with van der Waals surface area (Å²) in [6, 6.07) is 15.0. The number of β-lactam (4-membered cyclic amide) rings is 1. The average Bonchev–Trinajstić information content (AvgIpc) is 2.99. The molecule has 1 saturated heterocycles. The van der Waals surface area contributed by atoms with E-state index in [-0.39, 0.29) is 18.7 Å². The molecule has 4 rings (SSSR count). The summed E-state index contributed by atoms with van der Waals surface area (Å²) < 4.78 is 10.7. The number of halogens is 1. The summed E-state index contributed by atoms with van der Waals surface area (Å²) in [4.78, 5) is 13.8. The normalized spacial score (nSPS) is 23.1. The summed E-state index contributed by atoms with van der Waals surface area (Å²) in [7, 11) is 0. The number of ether oxygens (including phenoxy) is 2. The Kier molecular flexibility index (Phi) is 2.79. The Morgan fingerprint density at radius 1 is 1.05 bits per heavy atom. The van der Waals surface area contributed by atoms with Gasteiger partial charge in [-0.25, -0.2) is 0 Å². The summed E-state index contributed by atoms with van der Waals surface area (Å²) in [6.45, 7) is 0.231. The lowest BCUT2D eigenvalue weighted by molar-refractivity contribution is -0.123. The molecule has 4 nitrogen and oxygen atoms in total. The topological polar surface area (TPSA) is 38.8 Å². The number of hydrogen-bond donors (Lipinski definition) is 0. The number of alkyl halides is 1. The minimum atomic E-state index is -0.550. The number of amides is 1. The largest absolute Gasteiger partial charge is 0.454 e. The van der Waals surface area contributed by atoms with Gasteiger partial charge in [-0.15, -0.1) is 11.6 Å². The molecule has 2 aliphatic rings. The summed E-state index contributed by atoms with van der Waals surface area (Å²) in [5.41, 5.74) is 1.80. The predicted octanol–water partition coefficient (Wildman–Crippen LogP) is 3.11. The molecule has 2 aromatic rings. The van der Waals surface area contributed by atoms with Gasteiger partial charge in [0.25, 0.3) is 0 Å². The monoisotopic (exact) mass is 301 g/mol. The molecule has 106 valence electrons. The van der Waals surface area contributed by atoms with Gasteiger partial charge in [0.15, 0.2) is 11.5 Å². The number of rotatable bonds is 2. The second-order valence-electron chi connectivity index (χ2n) is 5.00. The van der Waals surface area contributed by atoms with Crippen LogP contribution in [-0.4, -0.2) is 18.1 Å². The zero-order chi connectivity index (χ0) is 14.4. The lowest BCUT2D eigenvalue weighted by Gasteiger charge is -2.44. The average molecular weight is 302 g/mol. The smallest absolute Gasteiger partial charge is 0.248 e. The molecule has 21 heavy (non-hydrogen) atoms. The number of carbonyl (C=O) groups excluding carboxylic acids is 1. The molecule has 0 aliphatic carbocycles. The first-order valence-corrected chi connectivity index (χ1v) is 7.11. The molecule has 0 aromatic heterocycles. The third kappa shape index (κ3) is 1.87. The van der Waals surface area contributed by atoms with Crippen LogP contribution in [0.5, 0.6) is 11.5 Å². The minimum absolute atomic E-state index is 0.0782. The van der Waals surface area contributed by atoms with Gasteiger partial charge in [0.2, 0.25) is 12.7 Å². The Balaban J connectivity index is 1.71. The SMILES string of the molecule is O=C1C(Cl)C(c2ccc3c(c2)OCO3)N1c1ccccc1. The first kappa shape index (κ1) is 12.5. The van der Waals surface area contributed by atoms with E-state index in [1.807, 2.05) is 48.5 Å². The lowest BCUT2D eigenvalue weighted by Crippen LogP contribution is -2.56. The maximum Gasteiger partial charge on any atom is 0.248 e. The van der Waals surface area contributed by atoms with Crippen molar-refractivity contribution in [1.29, 1.82) is 0 Å². The Bertz CT molecular complexity index is 704. The Labute approximate surface area is 126 Å². The summed E-state index contributed by atoms with van der Waals surface area (Å²) >= 11 is 6.23. The molecule has 0 N–H and O–H groups in total. The van der Waals surface area contributed by atoms with Crippen LogP contribution in [0, 0.1) is 0 Å². The molecule has 2 aliphatic heterocycles. The molecule has 1 amide bonds. The molecule has 1 fully saturated rings. The van der Waals surface area contributed by atoms with Crippen LogP contribution in [-0.2, 0) is 4.79 Å². The highest BCUT2D eigenvalue weighted by Crippen LogP contribution is 2.44. The minimum Gasteiger partial charge on any atom is -0.454 e. The van der Waals surface area contributed by atoms with Crippen LogP contribution < -0.4 is 14.4 Å². The number of nitrogens with zero attached hydrogens (tertiary/aromatic N) is 1. The highest BCUT2D eigenvalue weighted by atomic mass is 35.5. The standard InChI is InChI=1S/C16H12ClNO3/c17-14-15(10-6-7-12-13(8-10)21-9-20-12)18(16(14)19)11-4-2-1-3-5-11/h1-8,14-15H,9H2. The molecule has 0 spiro atoms. The predicted molar refractivity (Wildman–Crippen MR) is 78.9 cm³/mol. The second kappa shape index (κ2) is 4.67. The zero-order valence-electron chi connectivity index (χ0n) is 11.0. The van der Waals surface area contributed by atoms with Crippen LogP contribution >= 0.6 is 11.6 Å². The van der Waals surface area contributed by atoms with E-state index in [9.17, 15) is 4.79 Å². The molecule has 0 radical (unpaired) electrons.